The molecule has 0 atom stereocenters. The van der Waals surface area contributed by atoms with Crippen molar-refractivity contribution in [3.8, 4) is 0 Å². The molecule has 15 heavy (non-hydrogen) atoms. The summed E-state index contributed by atoms with van der Waals surface area (Å²) in [5.41, 5.74) is 3.75. The van der Waals surface area contributed by atoms with E-state index < -0.39 is 0 Å². The smallest absolute Gasteiger partial charge is 0.222 e. The van der Waals surface area contributed by atoms with Crippen LogP contribution >= 0.6 is 0 Å². The van der Waals surface area contributed by atoms with Crippen LogP contribution in [-0.2, 0) is 19.4 Å². The van der Waals surface area contributed by atoms with Gasteiger partial charge in [-0.2, -0.15) is 0 Å². The largest absolute Gasteiger partial charge is 0.357 e. The Kier molecular flexibility index (Phi) is 3.16. The number of rotatable bonds is 3. The van der Waals surface area contributed by atoms with Crippen LogP contribution in [0.4, 0.5) is 5.95 Å². The van der Waals surface area contributed by atoms with E-state index in [1.165, 1.54) is 17.0 Å². The maximum absolute atomic E-state index is 4.53. The maximum Gasteiger partial charge on any atom is 0.222 e. The Labute approximate surface area is 90.5 Å². The first kappa shape index (κ1) is 10.4. The normalized spacial score (nSPS) is 14.8. The number of nitrogens with one attached hydrogen (secondary N) is 2. The van der Waals surface area contributed by atoms with Crippen molar-refractivity contribution in [1.29, 1.82) is 0 Å². The second kappa shape index (κ2) is 4.57. The van der Waals surface area contributed by atoms with Crippen molar-refractivity contribution in [3.05, 3.63) is 17.0 Å². The third-order valence-electron chi connectivity index (χ3n) is 2.73. The summed E-state index contributed by atoms with van der Waals surface area (Å²) in [6.45, 7) is 4.14. The number of hydrogen-bond acceptors (Lipinski definition) is 4. The summed E-state index contributed by atoms with van der Waals surface area (Å²) < 4.78 is 0. The number of hydrogen-bond donors (Lipinski definition) is 2. The molecule has 82 valence electrons. The maximum atomic E-state index is 4.53. The van der Waals surface area contributed by atoms with Gasteiger partial charge in [-0.1, -0.05) is 13.3 Å². The Hall–Kier alpha value is -1.16. The molecule has 2 N–H and O–H groups in total. The predicted molar refractivity (Wildman–Crippen MR) is 61.0 cm³/mol. The summed E-state index contributed by atoms with van der Waals surface area (Å²) in [6, 6.07) is 0. The van der Waals surface area contributed by atoms with Crippen LogP contribution < -0.4 is 10.6 Å². The highest BCUT2D eigenvalue weighted by atomic mass is 15.1. The predicted octanol–water partition coefficient (Wildman–Crippen LogP) is 1.12. The van der Waals surface area contributed by atoms with Crippen molar-refractivity contribution < 1.29 is 0 Å². The average molecular weight is 206 g/mol. The number of fused-ring (bicyclic) bond motifs is 1. The molecule has 1 aromatic rings. The molecule has 1 aliphatic heterocycles. The first-order valence-corrected chi connectivity index (χ1v) is 5.62. The van der Waals surface area contributed by atoms with E-state index in [9.17, 15) is 0 Å². The lowest BCUT2D eigenvalue weighted by Crippen LogP contribution is -2.27. The van der Waals surface area contributed by atoms with Crippen LogP contribution in [-0.4, -0.2) is 23.6 Å². The second-order valence-electron chi connectivity index (χ2n) is 3.85. The first-order chi connectivity index (χ1) is 7.35. The van der Waals surface area contributed by atoms with E-state index in [1.54, 1.807) is 0 Å². The Morgan fingerprint density at radius 1 is 1.40 bits per heavy atom. The zero-order chi connectivity index (χ0) is 10.7. The van der Waals surface area contributed by atoms with Crippen LogP contribution in [0.1, 0.15) is 30.3 Å². The van der Waals surface area contributed by atoms with Gasteiger partial charge in [0.15, 0.2) is 0 Å². The lowest BCUT2D eigenvalue weighted by atomic mass is 10.0. The van der Waals surface area contributed by atoms with Crippen LogP contribution in [0.5, 0.6) is 0 Å². The molecular weight excluding hydrogens is 188 g/mol. The lowest BCUT2D eigenvalue weighted by molar-refractivity contribution is 0.615. The van der Waals surface area contributed by atoms with Crippen LogP contribution in [0, 0.1) is 0 Å². The SMILES string of the molecule is CCCc1nc(NC)nc2c1CNCC2. The van der Waals surface area contributed by atoms with Gasteiger partial charge in [0, 0.05) is 32.1 Å². The topological polar surface area (TPSA) is 49.8 Å². The van der Waals surface area contributed by atoms with Crippen molar-refractivity contribution in [3.63, 3.8) is 0 Å². The third kappa shape index (κ3) is 2.09. The molecule has 2 heterocycles. The van der Waals surface area contributed by atoms with Gasteiger partial charge >= 0.3 is 0 Å². The van der Waals surface area contributed by atoms with Gasteiger partial charge in [-0.25, -0.2) is 9.97 Å². The second-order valence-corrected chi connectivity index (χ2v) is 3.85. The molecule has 0 aromatic carbocycles. The molecule has 0 fully saturated rings. The minimum Gasteiger partial charge on any atom is -0.357 e. The fraction of sp³-hybridized carbons (Fsp3) is 0.636. The van der Waals surface area contributed by atoms with Gasteiger partial charge in [0.05, 0.1) is 11.4 Å². The van der Waals surface area contributed by atoms with E-state index in [2.05, 4.69) is 27.5 Å². The highest BCUT2D eigenvalue weighted by molar-refractivity contribution is 5.35. The van der Waals surface area contributed by atoms with Crippen LogP contribution in [0.25, 0.3) is 0 Å². The summed E-state index contributed by atoms with van der Waals surface area (Å²) in [7, 11) is 1.87. The molecule has 1 aliphatic rings. The Morgan fingerprint density at radius 2 is 2.27 bits per heavy atom. The molecule has 0 saturated heterocycles. The van der Waals surface area contributed by atoms with Crippen molar-refractivity contribution in [2.75, 3.05) is 18.9 Å². The quantitative estimate of drug-likeness (QED) is 0.778. The van der Waals surface area contributed by atoms with Gasteiger partial charge in [-0.3, -0.25) is 0 Å². The average Bonchev–Trinajstić information content (AvgIpc) is 2.29. The van der Waals surface area contributed by atoms with Crippen LogP contribution in [0.2, 0.25) is 0 Å². The molecule has 4 nitrogen and oxygen atoms in total. The first-order valence-electron chi connectivity index (χ1n) is 5.62. The van der Waals surface area contributed by atoms with Crippen molar-refractivity contribution in [1.82, 2.24) is 15.3 Å². The fourth-order valence-electron chi connectivity index (χ4n) is 1.97. The molecule has 0 radical (unpaired) electrons. The van der Waals surface area contributed by atoms with E-state index in [0.29, 0.717) is 0 Å². The van der Waals surface area contributed by atoms with Crippen molar-refractivity contribution in [2.45, 2.75) is 32.7 Å². The molecule has 0 saturated carbocycles. The number of anilines is 1. The zero-order valence-electron chi connectivity index (χ0n) is 9.43. The molecule has 4 heteroatoms. The lowest BCUT2D eigenvalue weighted by Gasteiger charge is -2.19. The standard InChI is InChI=1S/C11H18N4/c1-3-4-9-8-7-13-6-5-10(8)15-11(12-2)14-9/h13H,3-7H2,1-2H3,(H,12,14,15). The summed E-state index contributed by atoms with van der Waals surface area (Å²) >= 11 is 0. The molecule has 0 amide bonds. The van der Waals surface area contributed by atoms with Gasteiger partial charge in [-0.15, -0.1) is 0 Å². The summed E-state index contributed by atoms with van der Waals surface area (Å²) in [4.78, 5) is 9.04. The molecule has 2 rings (SSSR count). The minimum atomic E-state index is 0.763. The Morgan fingerprint density at radius 3 is 3.00 bits per heavy atom. The summed E-state index contributed by atoms with van der Waals surface area (Å²) in [5, 5.41) is 6.41. The molecule has 0 spiro atoms. The van der Waals surface area contributed by atoms with Crippen molar-refractivity contribution in [2.24, 2.45) is 0 Å². The Balaban J connectivity index is 2.41. The number of nitrogens with zero attached hydrogens (tertiary/aromatic N) is 2. The minimum absolute atomic E-state index is 0.763. The van der Waals surface area contributed by atoms with E-state index >= 15 is 0 Å². The molecule has 0 unspecified atom stereocenters. The van der Waals surface area contributed by atoms with Gasteiger partial charge in [0.25, 0.3) is 0 Å². The number of aromatic nitrogens is 2. The van der Waals surface area contributed by atoms with Gasteiger partial charge in [0.1, 0.15) is 0 Å². The van der Waals surface area contributed by atoms with E-state index in [0.717, 1.165) is 38.3 Å². The van der Waals surface area contributed by atoms with E-state index in [4.69, 9.17) is 0 Å². The van der Waals surface area contributed by atoms with Crippen molar-refractivity contribution >= 4 is 5.95 Å². The molecular formula is C11H18N4. The van der Waals surface area contributed by atoms with E-state index in [-0.39, 0.29) is 0 Å². The Bertz CT molecular complexity index is 349. The zero-order valence-corrected chi connectivity index (χ0v) is 9.43. The third-order valence-corrected chi connectivity index (χ3v) is 2.73. The molecule has 1 aromatic heterocycles. The van der Waals surface area contributed by atoms with Crippen LogP contribution in [0.15, 0.2) is 0 Å². The summed E-state index contributed by atoms with van der Waals surface area (Å²) in [6.07, 6.45) is 3.19. The molecule has 0 aliphatic carbocycles. The number of aryl methyl sites for hydroxylation is 1. The highest BCUT2D eigenvalue weighted by Crippen LogP contribution is 2.18. The monoisotopic (exact) mass is 206 g/mol. The fourth-order valence-corrected chi connectivity index (χ4v) is 1.97. The highest BCUT2D eigenvalue weighted by Gasteiger charge is 2.16. The van der Waals surface area contributed by atoms with Gasteiger partial charge < -0.3 is 10.6 Å². The van der Waals surface area contributed by atoms with Gasteiger partial charge in [0.2, 0.25) is 5.95 Å². The molecule has 0 bridgehead atoms. The van der Waals surface area contributed by atoms with Gasteiger partial charge in [-0.05, 0) is 6.42 Å². The van der Waals surface area contributed by atoms with Crippen LogP contribution in [0.3, 0.4) is 0 Å². The van der Waals surface area contributed by atoms with E-state index in [1.807, 2.05) is 7.05 Å². The summed E-state index contributed by atoms with van der Waals surface area (Å²) in [5.74, 6) is 0.763.